The first-order chi connectivity index (χ1) is 23.8. The van der Waals surface area contributed by atoms with Gasteiger partial charge in [-0.1, -0.05) is 152 Å². The highest BCUT2D eigenvalue weighted by molar-refractivity contribution is 6.32. The molecule has 11 rings (SSSR count). The van der Waals surface area contributed by atoms with E-state index in [1.54, 1.807) is 0 Å². The Balaban J connectivity index is 1.31. The molecule has 0 heterocycles. The molecular formula is C48H28. The average molecular weight is 605 g/mol. The number of benzene rings is 11. The van der Waals surface area contributed by atoms with E-state index in [2.05, 4.69) is 170 Å². The molecule has 11 aromatic rings. The summed E-state index contributed by atoms with van der Waals surface area (Å²) >= 11 is 0. The van der Waals surface area contributed by atoms with Crippen molar-refractivity contribution < 1.29 is 0 Å². The topological polar surface area (TPSA) is 0 Å². The van der Waals surface area contributed by atoms with Crippen LogP contribution in [0.25, 0.3) is 108 Å². The normalized spacial score (nSPS) is 12.2. The molecule has 0 fully saturated rings. The highest BCUT2D eigenvalue weighted by Crippen LogP contribution is 2.49. The Hall–Kier alpha value is -6.24. The highest BCUT2D eigenvalue weighted by Gasteiger charge is 2.21. The Morgan fingerprint density at radius 3 is 1.54 bits per heavy atom. The Kier molecular flexibility index (Phi) is 5.20. The van der Waals surface area contributed by atoms with Gasteiger partial charge in [-0.05, 0) is 127 Å². The van der Waals surface area contributed by atoms with Crippen molar-refractivity contribution in [3.05, 3.63) is 170 Å². The molecule has 11 aromatic carbocycles. The summed E-state index contributed by atoms with van der Waals surface area (Å²) in [5.74, 6) is 0. The van der Waals surface area contributed by atoms with Gasteiger partial charge < -0.3 is 0 Å². The SMILES string of the molecule is c1ccc2cc3cc(-c4c5ccccc5c(-c5ccc6ccc7cccc8ccc5c6c78)c5c4ccc4ccccc45)ccc3cc2c1. The fourth-order valence-corrected chi connectivity index (χ4v) is 8.59. The minimum absolute atomic E-state index is 1.25. The highest BCUT2D eigenvalue weighted by atomic mass is 14.2. The van der Waals surface area contributed by atoms with Crippen LogP contribution in [0.2, 0.25) is 0 Å². The summed E-state index contributed by atoms with van der Waals surface area (Å²) in [4.78, 5) is 0. The van der Waals surface area contributed by atoms with Crippen molar-refractivity contribution in [1.82, 2.24) is 0 Å². The molecule has 0 bridgehead atoms. The van der Waals surface area contributed by atoms with E-state index >= 15 is 0 Å². The second-order valence-corrected chi connectivity index (χ2v) is 13.2. The lowest BCUT2D eigenvalue weighted by Gasteiger charge is -2.21. The van der Waals surface area contributed by atoms with E-state index < -0.39 is 0 Å². The average Bonchev–Trinajstić information content (AvgIpc) is 3.15. The Labute approximate surface area is 277 Å². The molecule has 0 amide bonds. The molecule has 0 aliphatic rings. The first kappa shape index (κ1) is 25.9. The predicted octanol–water partition coefficient (Wildman–Crippen LogP) is 13.7. The summed E-state index contributed by atoms with van der Waals surface area (Å²) in [6.07, 6.45) is 0. The molecule has 0 spiro atoms. The van der Waals surface area contributed by atoms with Gasteiger partial charge in [-0.2, -0.15) is 0 Å². The molecule has 0 nitrogen and oxygen atoms in total. The molecule has 0 aliphatic carbocycles. The molecule has 0 aliphatic heterocycles. The third-order valence-electron chi connectivity index (χ3n) is 10.7. The van der Waals surface area contributed by atoms with Crippen LogP contribution in [0, 0.1) is 0 Å². The zero-order valence-corrected chi connectivity index (χ0v) is 26.2. The largest absolute Gasteiger partial charge is 0.0616 e. The van der Waals surface area contributed by atoms with Crippen molar-refractivity contribution in [3.63, 3.8) is 0 Å². The van der Waals surface area contributed by atoms with Gasteiger partial charge in [0.05, 0.1) is 0 Å². The van der Waals surface area contributed by atoms with E-state index in [9.17, 15) is 0 Å². The summed E-state index contributed by atoms with van der Waals surface area (Å²) in [5, 5.41) is 20.7. The van der Waals surface area contributed by atoms with Gasteiger partial charge in [0.15, 0.2) is 0 Å². The van der Waals surface area contributed by atoms with Gasteiger partial charge in [0.2, 0.25) is 0 Å². The fourth-order valence-electron chi connectivity index (χ4n) is 8.59. The van der Waals surface area contributed by atoms with E-state index in [4.69, 9.17) is 0 Å². The van der Waals surface area contributed by atoms with Crippen LogP contribution in [-0.2, 0) is 0 Å². The van der Waals surface area contributed by atoms with Gasteiger partial charge in [0.25, 0.3) is 0 Å². The maximum absolute atomic E-state index is 2.40. The van der Waals surface area contributed by atoms with Crippen LogP contribution in [0.15, 0.2) is 170 Å². The van der Waals surface area contributed by atoms with E-state index in [1.807, 2.05) is 0 Å². The number of hydrogen-bond donors (Lipinski definition) is 0. The van der Waals surface area contributed by atoms with Crippen molar-refractivity contribution in [3.8, 4) is 22.3 Å². The summed E-state index contributed by atoms with van der Waals surface area (Å²) in [6.45, 7) is 0. The molecule has 220 valence electrons. The van der Waals surface area contributed by atoms with Crippen molar-refractivity contribution in [1.29, 1.82) is 0 Å². The molecule has 0 atom stereocenters. The van der Waals surface area contributed by atoms with Crippen molar-refractivity contribution in [2.24, 2.45) is 0 Å². The molecule has 0 saturated heterocycles. The third-order valence-corrected chi connectivity index (χ3v) is 10.7. The summed E-state index contributed by atoms with van der Waals surface area (Å²) < 4.78 is 0. The maximum Gasteiger partial charge on any atom is -0.00139 e. The molecule has 0 unspecified atom stereocenters. The van der Waals surface area contributed by atoms with Crippen molar-refractivity contribution >= 4 is 86.2 Å². The van der Waals surface area contributed by atoms with E-state index in [-0.39, 0.29) is 0 Å². The van der Waals surface area contributed by atoms with Gasteiger partial charge in [0.1, 0.15) is 0 Å². The second kappa shape index (κ2) is 9.64. The van der Waals surface area contributed by atoms with Crippen LogP contribution in [-0.4, -0.2) is 0 Å². The number of fused-ring (bicyclic) bond motifs is 6. The minimum Gasteiger partial charge on any atom is -0.0616 e. The lowest BCUT2D eigenvalue weighted by molar-refractivity contribution is 1.70. The van der Waals surface area contributed by atoms with Crippen molar-refractivity contribution in [2.75, 3.05) is 0 Å². The quantitative estimate of drug-likeness (QED) is 0.136. The van der Waals surface area contributed by atoms with Crippen molar-refractivity contribution in [2.45, 2.75) is 0 Å². The monoisotopic (exact) mass is 604 g/mol. The van der Waals surface area contributed by atoms with Crippen LogP contribution in [0.1, 0.15) is 0 Å². The van der Waals surface area contributed by atoms with Crippen LogP contribution in [0.3, 0.4) is 0 Å². The minimum atomic E-state index is 1.25. The molecule has 48 heavy (non-hydrogen) atoms. The maximum atomic E-state index is 2.40. The molecule has 0 radical (unpaired) electrons. The Morgan fingerprint density at radius 2 is 0.750 bits per heavy atom. The van der Waals surface area contributed by atoms with Crippen LogP contribution in [0.5, 0.6) is 0 Å². The van der Waals surface area contributed by atoms with E-state index in [1.165, 1.54) is 108 Å². The van der Waals surface area contributed by atoms with Gasteiger partial charge in [-0.15, -0.1) is 0 Å². The standard InChI is InChI=1S/C48H28/c1-2-10-34-27-37-28-36(19-18-35(37)26-33(34)9-1)45-39-14-5-6-15-40(39)48(47-38-13-4-3-8-29(38)20-25-43(45)47)42-24-22-32-17-16-30-11-7-12-31-21-23-41(42)46(32)44(30)31/h1-28H. The second-order valence-electron chi connectivity index (χ2n) is 13.2. The van der Waals surface area contributed by atoms with E-state index in [0.29, 0.717) is 0 Å². The van der Waals surface area contributed by atoms with Crippen LogP contribution in [0.4, 0.5) is 0 Å². The number of hydrogen-bond acceptors (Lipinski definition) is 0. The lowest BCUT2D eigenvalue weighted by atomic mass is 9.81. The van der Waals surface area contributed by atoms with Gasteiger partial charge in [0, 0.05) is 0 Å². The Morgan fingerprint density at radius 1 is 0.229 bits per heavy atom. The zero-order chi connectivity index (χ0) is 31.3. The molecular weight excluding hydrogens is 577 g/mol. The first-order valence-electron chi connectivity index (χ1n) is 16.8. The molecule has 0 saturated carbocycles. The summed E-state index contributed by atoms with van der Waals surface area (Å²) in [7, 11) is 0. The molecule has 0 N–H and O–H groups in total. The van der Waals surface area contributed by atoms with Crippen LogP contribution < -0.4 is 0 Å². The third kappa shape index (κ3) is 3.55. The van der Waals surface area contributed by atoms with Gasteiger partial charge >= 0.3 is 0 Å². The smallest absolute Gasteiger partial charge is 0.00139 e. The lowest BCUT2D eigenvalue weighted by Crippen LogP contribution is -1.94. The molecule has 0 heteroatoms. The fraction of sp³-hybridized carbons (Fsp3) is 0. The van der Waals surface area contributed by atoms with Gasteiger partial charge in [-0.25, -0.2) is 0 Å². The first-order valence-corrected chi connectivity index (χ1v) is 16.8. The van der Waals surface area contributed by atoms with E-state index in [0.717, 1.165) is 0 Å². The Bertz CT molecular complexity index is 3090. The predicted molar refractivity (Wildman–Crippen MR) is 209 cm³/mol. The summed E-state index contributed by atoms with van der Waals surface area (Å²) in [6, 6.07) is 63.5. The number of rotatable bonds is 2. The van der Waals surface area contributed by atoms with Gasteiger partial charge in [-0.3, -0.25) is 0 Å². The molecule has 0 aromatic heterocycles. The summed E-state index contributed by atoms with van der Waals surface area (Å²) in [5.41, 5.74) is 5.14. The zero-order valence-electron chi connectivity index (χ0n) is 26.2. The van der Waals surface area contributed by atoms with Crippen LogP contribution >= 0.6 is 0 Å².